The van der Waals surface area contributed by atoms with Gasteiger partial charge in [0.1, 0.15) is 5.69 Å². The normalized spacial score (nSPS) is 23.9. The minimum Gasteiger partial charge on any atom is -0.348 e. The molecule has 0 radical (unpaired) electrons. The third kappa shape index (κ3) is 3.68. The summed E-state index contributed by atoms with van der Waals surface area (Å²) in [6.45, 7) is 0. The molecule has 1 heterocycles. The summed E-state index contributed by atoms with van der Waals surface area (Å²) in [7, 11) is 0. The third-order valence-electron chi connectivity index (χ3n) is 3.37. The van der Waals surface area contributed by atoms with Crippen LogP contribution in [0.1, 0.15) is 36.2 Å². The second-order valence-electron chi connectivity index (χ2n) is 4.79. The highest BCUT2D eigenvalue weighted by Crippen LogP contribution is 2.37. The number of carbonyl (C=O) groups excluding carboxylic acids is 1. The molecule has 1 aromatic rings. The highest BCUT2D eigenvalue weighted by atomic mass is 19.4. The van der Waals surface area contributed by atoms with E-state index in [1.807, 2.05) is 0 Å². The quantitative estimate of drug-likeness (QED) is 0.899. The minimum atomic E-state index is -4.17. The number of hydrogen-bond donors (Lipinski definition) is 1. The van der Waals surface area contributed by atoms with Crippen LogP contribution in [0.5, 0.6) is 0 Å². The van der Waals surface area contributed by atoms with Crippen LogP contribution in [0.3, 0.4) is 0 Å². The number of pyridine rings is 1. The molecule has 1 N–H and O–H groups in total. The maximum Gasteiger partial charge on any atom is 0.391 e. The SMILES string of the molecule is O=C(N[C@@H]1CCC[C@@H](C(F)(F)F)C1)c1ccccn1. The van der Waals surface area contributed by atoms with Crippen LogP contribution in [0.4, 0.5) is 13.2 Å². The highest BCUT2D eigenvalue weighted by Gasteiger charge is 2.42. The van der Waals surface area contributed by atoms with Gasteiger partial charge in [0.15, 0.2) is 0 Å². The number of nitrogens with zero attached hydrogens (tertiary/aromatic N) is 1. The summed E-state index contributed by atoms with van der Waals surface area (Å²) < 4.78 is 37.9. The van der Waals surface area contributed by atoms with E-state index in [2.05, 4.69) is 10.3 Å². The van der Waals surface area contributed by atoms with E-state index < -0.39 is 24.0 Å². The topological polar surface area (TPSA) is 42.0 Å². The van der Waals surface area contributed by atoms with Gasteiger partial charge in [-0.15, -0.1) is 0 Å². The molecule has 0 spiro atoms. The van der Waals surface area contributed by atoms with Crippen molar-refractivity contribution < 1.29 is 18.0 Å². The predicted octanol–water partition coefficient (Wildman–Crippen LogP) is 2.93. The van der Waals surface area contributed by atoms with Gasteiger partial charge in [-0.1, -0.05) is 12.5 Å². The van der Waals surface area contributed by atoms with Gasteiger partial charge in [0, 0.05) is 12.2 Å². The van der Waals surface area contributed by atoms with Crippen molar-refractivity contribution in [3.05, 3.63) is 30.1 Å². The molecule has 2 rings (SSSR count). The highest BCUT2D eigenvalue weighted by molar-refractivity contribution is 5.92. The number of alkyl halides is 3. The van der Waals surface area contributed by atoms with Crippen LogP contribution < -0.4 is 5.32 Å². The Bertz CT molecular complexity index is 433. The van der Waals surface area contributed by atoms with E-state index in [1.54, 1.807) is 18.2 Å². The van der Waals surface area contributed by atoms with Crippen LogP contribution >= 0.6 is 0 Å². The van der Waals surface area contributed by atoms with Crippen LogP contribution in [-0.4, -0.2) is 23.1 Å². The fourth-order valence-electron chi connectivity index (χ4n) is 2.37. The molecule has 0 bridgehead atoms. The maximum absolute atomic E-state index is 12.6. The summed E-state index contributed by atoms with van der Waals surface area (Å²) in [5.41, 5.74) is 0.233. The zero-order valence-corrected chi connectivity index (χ0v) is 10.3. The van der Waals surface area contributed by atoms with Gasteiger partial charge in [0.2, 0.25) is 0 Å². The Morgan fingerprint density at radius 3 is 2.74 bits per heavy atom. The smallest absolute Gasteiger partial charge is 0.348 e. The summed E-state index contributed by atoms with van der Waals surface area (Å²) >= 11 is 0. The number of rotatable bonds is 2. The Hall–Kier alpha value is -1.59. The molecule has 6 heteroatoms. The largest absolute Gasteiger partial charge is 0.391 e. The molecular formula is C13H15F3N2O. The van der Waals surface area contributed by atoms with E-state index in [0.717, 1.165) is 0 Å². The van der Waals surface area contributed by atoms with Crippen LogP contribution in [0, 0.1) is 5.92 Å². The van der Waals surface area contributed by atoms with Crippen molar-refractivity contribution in [1.29, 1.82) is 0 Å². The first-order valence-electron chi connectivity index (χ1n) is 6.25. The van der Waals surface area contributed by atoms with E-state index in [9.17, 15) is 18.0 Å². The van der Waals surface area contributed by atoms with Crippen LogP contribution in [0.25, 0.3) is 0 Å². The van der Waals surface area contributed by atoms with E-state index >= 15 is 0 Å². The summed E-state index contributed by atoms with van der Waals surface area (Å²) in [6.07, 6.45) is -1.51. The molecule has 19 heavy (non-hydrogen) atoms. The van der Waals surface area contributed by atoms with Gasteiger partial charge in [-0.3, -0.25) is 9.78 Å². The molecule has 104 valence electrons. The summed E-state index contributed by atoms with van der Waals surface area (Å²) in [5.74, 6) is -1.72. The number of amides is 1. The summed E-state index contributed by atoms with van der Waals surface area (Å²) in [5, 5.41) is 2.64. The number of aromatic nitrogens is 1. The van der Waals surface area contributed by atoms with Crippen molar-refractivity contribution in [2.45, 2.75) is 37.9 Å². The van der Waals surface area contributed by atoms with Gasteiger partial charge >= 0.3 is 6.18 Å². The number of carbonyl (C=O) groups is 1. The molecule has 1 amide bonds. The van der Waals surface area contributed by atoms with Crippen molar-refractivity contribution >= 4 is 5.91 Å². The monoisotopic (exact) mass is 272 g/mol. The van der Waals surface area contributed by atoms with Crippen molar-refractivity contribution in [2.24, 2.45) is 5.92 Å². The first-order valence-corrected chi connectivity index (χ1v) is 6.25. The van der Waals surface area contributed by atoms with Gasteiger partial charge in [0.25, 0.3) is 5.91 Å². The van der Waals surface area contributed by atoms with Gasteiger partial charge in [-0.05, 0) is 31.4 Å². The Balaban J connectivity index is 1.94. The Morgan fingerprint density at radius 2 is 2.11 bits per heavy atom. The Labute approximate surface area is 109 Å². The van der Waals surface area contributed by atoms with E-state index in [1.165, 1.54) is 6.20 Å². The second kappa shape index (κ2) is 5.59. The van der Waals surface area contributed by atoms with E-state index in [0.29, 0.717) is 12.8 Å². The van der Waals surface area contributed by atoms with Gasteiger partial charge in [-0.2, -0.15) is 13.2 Å². The molecule has 0 aromatic carbocycles. The first kappa shape index (κ1) is 13.8. The van der Waals surface area contributed by atoms with Gasteiger partial charge in [-0.25, -0.2) is 0 Å². The number of halogens is 3. The lowest BCUT2D eigenvalue weighted by Gasteiger charge is -2.30. The molecule has 1 aliphatic rings. The number of nitrogens with one attached hydrogen (secondary N) is 1. The molecular weight excluding hydrogens is 257 g/mol. The molecule has 3 nitrogen and oxygen atoms in total. The Morgan fingerprint density at radius 1 is 1.32 bits per heavy atom. The lowest BCUT2D eigenvalue weighted by atomic mass is 9.85. The van der Waals surface area contributed by atoms with E-state index in [-0.39, 0.29) is 18.5 Å². The Kier molecular flexibility index (Phi) is 4.07. The zero-order chi connectivity index (χ0) is 13.9. The van der Waals surface area contributed by atoms with Gasteiger partial charge < -0.3 is 5.32 Å². The predicted molar refractivity (Wildman–Crippen MR) is 63.5 cm³/mol. The van der Waals surface area contributed by atoms with Crippen molar-refractivity contribution in [3.8, 4) is 0 Å². The van der Waals surface area contributed by atoms with Crippen molar-refractivity contribution in [2.75, 3.05) is 0 Å². The molecule has 0 aliphatic heterocycles. The molecule has 2 atom stereocenters. The first-order chi connectivity index (χ1) is 8.97. The molecule has 1 fully saturated rings. The number of hydrogen-bond acceptors (Lipinski definition) is 2. The lowest BCUT2D eigenvalue weighted by molar-refractivity contribution is -0.183. The third-order valence-corrected chi connectivity index (χ3v) is 3.37. The van der Waals surface area contributed by atoms with E-state index in [4.69, 9.17) is 0 Å². The minimum absolute atomic E-state index is 0.0396. The molecule has 1 aromatic heterocycles. The average Bonchev–Trinajstić information content (AvgIpc) is 2.39. The van der Waals surface area contributed by atoms with Gasteiger partial charge in [0.05, 0.1) is 5.92 Å². The van der Waals surface area contributed by atoms with Crippen LogP contribution in [0.2, 0.25) is 0 Å². The van der Waals surface area contributed by atoms with Crippen molar-refractivity contribution in [3.63, 3.8) is 0 Å². The van der Waals surface area contributed by atoms with Crippen LogP contribution in [0.15, 0.2) is 24.4 Å². The molecule has 1 saturated carbocycles. The second-order valence-corrected chi connectivity index (χ2v) is 4.79. The van der Waals surface area contributed by atoms with Crippen LogP contribution in [-0.2, 0) is 0 Å². The molecule has 0 unspecified atom stereocenters. The molecule has 1 aliphatic carbocycles. The average molecular weight is 272 g/mol. The standard InChI is InChI=1S/C13H15F3N2O/c14-13(15,16)9-4-3-5-10(8-9)18-12(19)11-6-1-2-7-17-11/h1-2,6-7,9-10H,3-5,8H2,(H,18,19)/t9-,10-/m1/s1. The fraction of sp³-hybridized carbons (Fsp3) is 0.538. The molecule has 0 saturated heterocycles. The summed E-state index contributed by atoms with van der Waals surface area (Å²) in [6, 6.07) is 4.47. The summed E-state index contributed by atoms with van der Waals surface area (Å²) in [4.78, 5) is 15.7. The fourth-order valence-corrected chi connectivity index (χ4v) is 2.37. The van der Waals surface area contributed by atoms with Crippen molar-refractivity contribution in [1.82, 2.24) is 10.3 Å². The lowest BCUT2D eigenvalue weighted by Crippen LogP contribution is -2.41. The zero-order valence-electron chi connectivity index (χ0n) is 10.3. The maximum atomic E-state index is 12.6.